The van der Waals surface area contributed by atoms with Gasteiger partial charge in [-0.15, -0.1) is 0 Å². The van der Waals surface area contributed by atoms with Crippen molar-refractivity contribution in [2.75, 3.05) is 23.8 Å². The van der Waals surface area contributed by atoms with E-state index in [4.69, 9.17) is 4.74 Å². The van der Waals surface area contributed by atoms with E-state index in [0.717, 1.165) is 5.56 Å². The van der Waals surface area contributed by atoms with Gasteiger partial charge in [-0.3, -0.25) is 9.59 Å². The van der Waals surface area contributed by atoms with Gasteiger partial charge in [-0.05, 0) is 55.7 Å². The van der Waals surface area contributed by atoms with Crippen LogP contribution in [0.1, 0.15) is 18.4 Å². The zero-order valence-corrected chi connectivity index (χ0v) is 16.7. The number of anilines is 2. The van der Waals surface area contributed by atoms with E-state index < -0.39 is 16.1 Å². The van der Waals surface area contributed by atoms with Crippen LogP contribution in [-0.4, -0.2) is 43.7 Å². The van der Waals surface area contributed by atoms with Crippen molar-refractivity contribution in [3.8, 4) is 5.75 Å². The Balaban J connectivity index is 1.58. The molecule has 2 aliphatic rings. The van der Waals surface area contributed by atoms with Crippen molar-refractivity contribution in [2.24, 2.45) is 0 Å². The summed E-state index contributed by atoms with van der Waals surface area (Å²) < 4.78 is 32.9. The van der Waals surface area contributed by atoms with Crippen LogP contribution in [-0.2, 0) is 19.6 Å². The molecule has 1 fully saturated rings. The van der Waals surface area contributed by atoms with Gasteiger partial charge in [0.2, 0.25) is 15.9 Å². The van der Waals surface area contributed by atoms with E-state index >= 15 is 0 Å². The molecule has 0 spiro atoms. The first-order valence-electron chi connectivity index (χ1n) is 9.31. The predicted octanol–water partition coefficient (Wildman–Crippen LogP) is 2.12. The summed E-state index contributed by atoms with van der Waals surface area (Å²) in [6.45, 7) is 2.07. The van der Waals surface area contributed by atoms with E-state index in [-0.39, 0.29) is 29.9 Å². The molecule has 2 N–H and O–H groups in total. The molecule has 2 heterocycles. The van der Waals surface area contributed by atoms with Gasteiger partial charge in [0.15, 0.2) is 6.61 Å². The molecule has 0 unspecified atom stereocenters. The van der Waals surface area contributed by atoms with Crippen LogP contribution in [0.2, 0.25) is 0 Å². The topological polar surface area (TPSA) is 105 Å². The van der Waals surface area contributed by atoms with Gasteiger partial charge >= 0.3 is 0 Å². The molecule has 2 aromatic rings. The molecule has 0 aliphatic carbocycles. The first kappa shape index (κ1) is 19.4. The quantitative estimate of drug-likeness (QED) is 0.796. The number of amides is 2. The largest absolute Gasteiger partial charge is 0.482 e. The Bertz CT molecular complexity index is 1080. The summed E-state index contributed by atoms with van der Waals surface area (Å²) in [6, 6.07) is 10.9. The van der Waals surface area contributed by atoms with Crippen molar-refractivity contribution in [1.82, 2.24) is 4.31 Å². The lowest BCUT2D eigenvalue weighted by Gasteiger charge is -2.24. The second-order valence-corrected chi connectivity index (χ2v) is 9.02. The number of nitrogens with one attached hydrogen (secondary N) is 2. The molecule has 0 radical (unpaired) electrons. The molecule has 9 heteroatoms. The molecule has 0 saturated carbocycles. The van der Waals surface area contributed by atoms with E-state index in [0.29, 0.717) is 30.0 Å². The first-order valence-corrected chi connectivity index (χ1v) is 10.7. The van der Waals surface area contributed by atoms with E-state index in [1.807, 2.05) is 25.1 Å². The van der Waals surface area contributed by atoms with Crippen LogP contribution in [0.3, 0.4) is 0 Å². The number of benzene rings is 2. The average Bonchev–Trinajstić information content (AvgIpc) is 3.18. The first-order chi connectivity index (χ1) is 13.8. The highest BCUT2D eigenvalue weighted by Crippen LogP contribution is 2.33. The molecule has 4 rings (SSSR count). The van der Waals surface area contributed by atoms with E-state index in [2.05, 4.69) is 10.6 Å². The Kier molecular flexibility index (Phi) is 5.01. The van der Waals surface area contributed by atoms with Gasteiger partial charge in [0.05, 0.1) is 10.6 Å². The molecule has 1 saturated heterocycles. The number of hydrogen-bond acceptors (Lipinski definition) is 5. The van der Waals surface area contributed by atoms with Gasteiger partial charge in [-0.25, -0.2) is 8.42 Å². The van der Waals surface area contributed by atoms with Gasteiger partial charge in [-0.1, -0.05) is 12.1 Å². The van der Waals surface area contributed by atoms with Crippen LogP contribution in [0.5, 0.6) is 5.75 Å². The highest BCUT2D eigenvalue weighted by Gasteiger charge is 2.39. The summed E-state index contributed by atoms with van der Waals surface area (Å²) in [5.74, 6) is -0.284. The molecule has 152 valence electrons. The number of aryl methyl sites for hydroxylation is 1. The lowest BCUT2D eigenvalue weighted by Crippen LogP contribution is -2.43. The van der Waals surface area contributed by atoms with Crippen molar-refractivity contribution < 1.29 is 22.7 Å². The number of rotatable bonds is 4. The fourth-order valence-corrected chi connectivity index (χ4v) is 5.28. The summed E-state index contributed by atoms with van der Waals surface area (Å²) in [4.78, 5) is 24.3. The van der Waals surface area contributed by atoms with Gasteiger partial charge < -0.3 is 15.4 Å². The van der Waals surface area contributed by atoms with Gasteiger partial charge in [0.25, 0.3) is 5.91 Å². The van der Waals surface area contributed by atoms with Gasteiger partial charge in [0, 0.05) is 12.2 Å². The Hall–Kier alpha value is -2.91. The molecule has 29 heavy (non-hydrogen) atoms. The maximum atomic E-state index is 13.2. The molecular formula is C20H21N3O5S. The maximum Gasteiger partial charge on any atom is 0.262 e. The van der Waals surface area contributed by atoms with Crippen LogP contribution >= 0.6 is 0 Å². The second-order valence-electron chi connectivity index (χ2n) is 7.13. The highest BCUT2D eigenvalue weighted by atomic mass is 32.2. The SMILES string of the molecule is Cc1cccc(NC(=O)[C@@H]2CCCN2S(=O)(=O)c2ccc3c(c2)NC(=O)CO3)c1. The summed E-state index contributed by atoms with van der Waals surface area (Å²) in [5, 5.41) is 5.42. The average molecular weight is 415 g/mol. The minimum atomic E-state index is -3.92. The molecule has 0 bridgehead atoms. The molecule has 0 aromatic heterocycles. The molecule has 8 nitrogen and oxygen atoms in total. The molecule has 2 amide bonds. The van der Waals surface area contributed by atoms with E-state index in [9.17, 15) is 18.0 Å². The van der Waals surface area contributed by atoms with Gasteiger partial charge in [-0.2, -0.15) is 4.31 Å². The smallest absolute Gasteiger partial charge is 0.262 e. The predicted molar refractivity (Wildman–Crippen MR) is 107 cm³/mol. The number of sulfonamides is 1. The molecule has 2 aliphatic heterocycles. The molecule has 2 aromatic carbocycles. The Morgan fingerprint density at radius 3 is 2.86 bits per heavy atom. The third-order valence-electron chi connectivity index (χ3n) is 4.98. The summed E-state index contributed by atoms with van der Waals surface area (Å²) in [6.07, 6.45) is 1.04. The van der Waals surface area contributed by atoms with E-state index in [1.54, 1.807) is 6.07 Å². The number of carbonyl (C=O) groups excluding carboxylic acids is 2. The normalized spacial score (nSPS) is 19.2. The number of ether oxygens (including phenoxy) is 1. The van der Waals surface area contributed by atoms with Crippen molar-refractivity contribution in [3.05, 3.63) is 48.0 Å². The lowest BCUT2D eigenvalue weighted by atomic mass is 10.2. The van der Waals surface area contributed by atoms with Crippen molar-refractivity contribution in [3.63, 3.8) is 0 Å². The summed E-state index contributed by atoms with van der Waals surface area (Å²) in [5.41, 5.74) is 1.94. The fraction of sp³-hybridized carbons (Fsp3) is 0.300. The number of fused-ring (bicyclic) bond motifs is 1. The van der Waals surface area contributed by atoms with Crippen LogP contribution in [0.15, 0.2) is 47.4 Å². The summed E-state index contributed by atoms with van der Waals surface area (Å²) in [7, 11) is -3.92. The van der Waals surface area contributed by atoms with Crippen LogP contribution < -0.4 is 15.4 Å². The Morgan fingerprint density at radius 1 is 1.24 bits per heavy atom. The van der Waals surface area contributed by atoms with E-state index in [1.165, 1.54) is 22.5 Å². The Labute approximate surface area is 168 Å². The van der Waals surface area contributed by atoms with Crippen molar-refractivity contribution >= 4 is 33.2 Å². The fourth-order valence-electron chi connectivity index (χ4n) is 3.60. The minimum absolute atomic E-state index is 0.0114. The minimum Gasteiger partial charge on any atom is -0.482 e. The zero-order valence-electron chi connectivity index (χ0n) is 15.8. The lowest BCUT2D eigenvalue weighted by molar-refractivity contribution is -0.119. The Morgan fingerprint density at radius 2 is 2.07 bits per heavy atom. The molecular weight excluding hydrogens is 394 g/mol. The number of nitrogens with zero attached hydrogens (tertiary/aromatic N) is 1. The summed E-state index contributed by atoms with van der Waals surface area (Å²) >= 11 is 0. The van der Waals surface area contributed by atoms with Crippen molar-refractivity contribution in [2.45, 2.75) is 30.7 Å². The number of carbonyl (C=O) groups is 2. The van der Waals surface area contributed by atoms with Crippen molar-refractivity contribution in [1.29, 1.82) is 0 Å². The second kappa shape index (κ2) is 7.49. The monoisotopic (exact) mass is 415 g/mol. The standard InChI is InChI=1S/C20H21N3O5S/c1-13-4-2-5-14(10-13)21-20(25)17-6-3-9-23(17)29(26,27)15-7-8-18-16(11-15)22-19(24)12-28-18/h2,4-5,7-8,10-11,17H,3,6,9,12H2,1H3,(H,21,25)(H,22,24)/t17-/m0/s1. The third kappa shape index (κ3) is 3.83. The molecule has 1 atom stereocenters. The zero-order chi connectivity index (χ0) is 20.6. The van der Waals surface area contributed by atoms with Crippen LogP contribution in [0.25, 0.3) is 0 Å². The number of hydrogen-bond donors (Lipinski definition) is 2. The third-order valence-corrected chi connectivity index (χ3v) is 6.89. The van der Waals surface area contributed by atoms with Crippen LogP contribution in [0, 0.1) is 6.92 Å². The maximum absolute atomic E-state index is 13.2. The highest BCUT2D eigenvalue weighted by molar-refractivity contribution is 7.89. The van der Waals surface area contributed by atoms with Crippen LogP contribution in [0.4, 0.5) is 11.4 Å². The van der Waals surface area contributed by atoms with Gasteiger partial charge in [0.1, 0.15) is 11.8 Å².